The molecule has 1 aliphatic heterocycles. The lowest BCUT2D eigenvalue weighted by molar-refractivity contribution is 0.322. The largest absolute Gasteiger partial charge is 0.492 e. The molecule has 0 aromatic heterocycles. The molecule has 2 rings (SSSR count). The SMILES string of the molecule is CN=C(NCCOc1ccc(C)cc1)NCCS(=O)(=O)N1CCSCC1. The van der Waals surface area contributed by atoms with Gasteiger partial charge in [-0.05, 0) is 19.1 Å². The number of ether oxygens (including phenoxy) is 1. The summed E-state index contributed by atoms with van der Waals surface area (Å²) in [5.74, 6) is 3.21. The third kappa shape index (κ3) is 7.05. The van der Waals surface area contributed by atoms with Crippen LogP contribution in [0.1, 0.15) is 5.56 Å². The van der Waals surface area contributed by atoms with Crippen LogP contribution in [0.4, 0.5) is 0 Å². The monoisotopic (exact) mass is 400 g/mol. The molecule has 1 fully saturated rings. The van der Waals surface area contributed by atoms with Gasteiger partial charge < -0.3 is 15.4 Å². The van der Waals surface area contributed by atoms with E-state index in [0.717, 1.165) is 17.3 Å². The van der Waals surface area contributed by atoms with Crippen LogP contribution in [0.15, 0.2) is 29.3 Å². The first kappa shape index (κ1) is 20.9. The van der Waals surface area contributed by atoms with Crippen LogP contribution in [-0.2, 0) is 10.0 Å². The van der Waals surface area contributed by atoms with Gasteiger partial charge in [-0.15, -0.1) is 0 Å². The summed E-state index contributed by atoms with van der Waals surface area (Å²) in [7, 11) is -1.54. The molecule has 7 nitrogen and oxygen atoms in total. The number of thioether (sulfide) groups is 1. The third-order valence-electron chi connectivity index (χ3n) is 3.92. The maximum Gasteiger partial charge on any atom is 0.215 e. The van der Waals surface area contributed by atoms with Crippen LogP contribution < -0.4 is 15.4 Å². The highest BCUT2D eigenvalue weighted by Gasteiger charge is 2.23. The number of benzene rings is 1. The average Bonchev–Trinajstić information content (AvgIpc) is 2.65. The first-order valence-electron chi connectivity index (χ1n) is 8.71. The van der Waals surface area contributed by atoms with E-state index in [9.17, 15) is 8.42 Å². The lowest BCUT2D eigenvalue weighted by atomic mass is 10.2. The zero-order valence-corrected chi connectivity index (χ0v) is 17.0. The molecule has 26 heavy (non-hydrogen) atoms. The van der Waals surface area contributed by atoms with E-state index in [-0.39, 0.29) is 5.75 Å². The second-order valence-corrected chi connectivity index (χ2v) is 9.23. The number of hydrogen-bond acceptors (Lipinski definition) is 5. The van der Waals surface area contributed by atoms with E-state index in [1.54, 1.807) is 23.1 Å². The minimum absolute atomic E-state index is 0.0677. The van der Waals surface area contributed by atoms with E-state index >= 15 is 0 Å². The first-order valence-corrected chi connectivity index (χ1v) is 11.5. The summed E-state index contributed by atoms with van der Waals surface area (Å²) in [6, 6.07) is 7.88. The molecule has 1 heterocycles. The maximum atomic E-state index is 12.3. The molecule has 0 aliphatic carbocycles. The van der Waals surface area contributed by atoms with Gasteiger partial charge in [0.2, 0.25) is 10.0 Å². The molecule has 0 bridgehead atoms. The summed E-state index contributed by atoms with van der Waals surface area (Å²) in [5, 5.41) is 6.16. The van der Waals surface area contributed by atoms with Crippen LogP contribution in [0, 0.1) is 6.92 Å². The van der Waals surface area contributed by atoms with E-state index in [1.807, 2.05) is 31.2 Å². The third-order valence-corrected chi connectivity index (χ3v) is 6.74. The molecular weight excluding hydrogens is 372 g/mol. The van der Waals surface area contributed by atoms with Gasteiger partial charge >= 0.3 is 0 Å². The van der Waals surface area contributed by atoms with Crippen molar-refractivity contribution in [3.05, 3.63) is 29.8 Å². The van der Waals surface area contributed by atoms with E-state index < -0.39 is 10.0 Å². The minimum Gasteiger partial charge on any atom is -0.492 e. The van der Waals surface area contributed by atoms with E-state index in [1.165, 1.54) is 5.56 Å². The number of nitrogens with one attached hydrogen (secondary N) is 2. The molecule has 1 saturated heterocycles. The molecule has 0 saturated carbocycles. The van der Waals surface area contributed by atoms with Gasteiger partial charge in [-0.2, -0.15) is 11.8 Å². The quantitative estimate of drug-likeness (QED) is 0.384. The molecule has 0 atom stereocenters. The van der Waals surface area contributed by atoms with Crippen molar-refractivity contribution >= 4 is 27.7 Å². The number of nitrogens with zero attached hydrogens (tertiary/aromatic N) is 2. The molecule has 9 heteroatoms. The zero-order chi connectivity index (χ0) is 18.8. The molecule has 0 amide bonds. The van der Waals surface area contributed by atoms with Crippen molar-refractivity contribution in [3.63, 3.8) is 0 Å². The predicted molar refractivity (Wildman–Crippen MR) is 109 cm³/mol. The van der Waals surface area contributed by atoms with Gasteiger partial charge in [-0.1, -0.05) is 17.7 Å². The van der Waals surface area contributed by atoms with Crippen LogP contribution in [0.5, 0.6) is 5.75 Å². The van der Waals surface area contributed by atoms with E-state index in [2.05, 4.69) is 15.6 Å². The Morgan fingerprint density at radius 1 is 1.19 bits per heavy atom. The predicted octanol–water partition coefficient (Wildman–Crippen LogP) is 0.917. The van der Waals surface area contributed by atoms with Crippen LogP contribution in [0.25, 0.3) is 0 Å². The molecule has 0 radical (unpaired) electrons. The fourth-order valence-corrected chi connectivity index (χ4v) is 4.94. The van der Waals surface area contributed by atoms with Gasteiger partial charge in [0, 0.05) is 38.2 Å². The highest BCUT2D eigenvalue weighted by molar-refractivity contribution is 7.99. The summed E-state index contributed by atoms with van der Waals surface area (Å²) in [5.41, 5.74) is 1.19. The Morgan fingerprint density at radius 3 is 2.50 bits per heavy atom. The van der Waals surface area contributed by atoms with Crippen LogP contribution in [0.3, 0.4) is 0 Å². The lowest BCUT2D eigenvalue weighted by Crippen LogP contribution is -2.44. The summed E-state index contributed by atoms with van der Waals surface area (Å²) >= 11 is 1.79. The Hall–Kier alpha value is -1.45. The normalized spacial score (nSPS) is 16.3. The topological polar surface area (TPSA) is 83.0 Å². The Labute approximate surface area is 160 Å². The van der Waals surface area contributed by atoms with Crippen LogP contribution >= 0.6 is 11.8 Å². The van der Waals surface area contributed by atoms with Gasteiger partial charge in [-0.25, -0.2) is 12.7 Å². The number of aryl methyl sites for hydroxylation is 1. The molecule has 1 aromatic rings. The summed E-state index contributed by atoms with van der Waals surface area (Å²) in [6.07, 6.45) is 0. The van der Waals surface area contributed by atoms with Crippen molar-refractivity contribution in [2.45, 2.75) is 6.92 Å². The van der Waals surface area contributed by atoms with Crippen LogP contribution in [0.2, 0.25) is 0 Å². The van der Waals surface area contributed by atoms with Crippen LogP contribution in [-0.4, -0.2) is 75.8 Å². The summed E-state index contributed by atoms with van der Waals surface area (Å²) in [6.45, 7) is 4.64. The molecule has 1 aromatic carbocycles. The molecule has 1 aliphatic rings. The van der Waals surface area contributed by atoms with Gasteiger partial charge in [0.1, 0.15) is 12.4 Å². The molecular formula is C17H28N4O3S2. The Morgan fingerprint density at radius 2 is 1.85 bits per heavy atom. The van der Waals surface area contributed by atoms with Gasteiger partial charge in [0.15, 0.2) is 5.96 Å². The summed E-state index contributed by atoms with van der Waals surface area (Å²) in [4.78, 5) is 4.10. The van der Waals surface area contributed by atoms with Crippen molar-refractivity contribution < 1.29 is 13.2 Å². The summed E-state index contributed by atoms with van der Waals surface area (Å²) < 4.78 is 31.8. The van der Waals surface area contributed by atoms with Gasteiger partial charge in [-0.3, -0.25) is 4.99 Å². The minimum atomic E-state index is -3.20. The second-order valence-electron chi connectivity index (χ2n) is 5.91. The maximum absolute atomic E-state index is 12.3. The Balaban J connectivity index is 1.65. The van der Waals surface area contributed by atoms with Crippen molar-refractivity contribution in [2.75, 3.05) is 57.1 Å². The fraction of sp³-hybridized carbons (Fsp3) is 0.588. The standard InChI is InChI=1S/C17H28N4O3S2/c1-15-3-5-16(6-4-15)24-11-7-19-17(18-2)20-8-14-26(22,23)21-9-12-25-13-10-21/h3-6H,7-14H2,1-2H3,(H2,18,19,20). The Kier molecular flexibility index (Phi) is 8.53. The number of guanidine groups is 1. The number of aliphatic imine (C=N–C) groups is 1. The lowest BCUT2D eigenvalue weighted by Gasteiger charge is -2.25. The molecule has 0 unspecified atom stereocenters. The first-order chi connectivity index (χ1) is 12.5. The zero-order valence-electron chi connectivity index (χ0n) is 15.4. The van der Waals surface area contributed by atoms with E-state index in [4.69, 9.17) is 4.74 Å². The smallest absolute Gasteiger partial charge is 0.215 e. The van der Waals surface area contributed by atoms with Crippen molar-refractivity contribution in [3.8, 4) is 5.75 Å². The number of sulfonamides is 1. The fourth-order valence-electron chi connectivity index (χ4n) is 2.45. The average molecular weight is 401 g/mol. The van der Waals surface area contributed by atoms with Gasteiger partial charge in [0.05, 0.1) is 12.3 Å². The number of rotatable bonds is 8. The van der Waals surface area contributed by atoms with E-state index in [0.29, 0.717) is 38.7 Å². The molecule has 2 N–H and O–H groups in total. The van der Waals surface area contributed by atoms with Crippen molar-refractivity contribution in [1.82, 2.24) is 14.9 Å². The molecule has 0 spiro atoms. The Bertz CT molecular complexity index is 672. The number of hydrogen-bond donors (Lipinski definition) is 2. The van der Waals surface area contributed by atoms with Crippen molar-refractivity contribution in [2.24, 2.45) is 4.99 Å². The highest BCUT2D eigenvalue weighted by atomic mass is 32.2. The van der Waals surface area contributed by atoms with Gasteiger partial charge in [0.25, 0.3) is 0 Å². The highest BCUT2D eigenvalue weighted by Crippen LogP contribution is 2.13. The second kappa shape index (κ2) is 10.6. The molecule has 146 valence electrons. The van der Waals surface area contributed by atoms with Crippen molar-refractivity contribution in [1.29, 1.82) is 0 Å².